The van der Waals surface area contributed by atoms with Crippen molar-refractivity contribution in [2.75, 3.05) is 20.1 Å². The second-order valence-corrected chi connectivity index (χ2v) is 7.32. The molecule has 4 rings (SSSR count). The molecule has 1 amide bonds. The first kappa shape index (κ1) is 22.9. The zero-order chi connectivity index (χ0) is 21.3. The summed E-state index contributed by atoms with van der Waals surface area (Å²) in [5, 5.41) is 30.2. The highest BCUT2D eigenvalue weighted by Gasteiger charge is 2.35. The SMILES string of the molecule is CNCc1cn(CC(=O)N2CC(Oc3ccc4c(c3C(=O)O)OB(O)CC4)C2)nn1.Cl. The molecule has 0 unspecified atom stereocenters. The standard InChI is InChI=1S/C18H22BN5O6.ClH/c1-20-6-12-7-24(22-21-12)10-15(25)23-8-13(9-23)29-14-3-2-11-4-5-19(28)30-17(11)16(14)18(26)27;/h2-3,7,13,20,28H,4-6,8-10H2,1H3,(H,26,27);1H. The van der Waals surface area contributed by atoms with Crippen LogP contribution in [0.25, 0.3) is 0 Å². The highest BCUT2D eigenvalue weighted by Crippen LogP contribution is 2.37. The number of likely N-dealkylation sites (tertiary alicyclic amines) is 1. The van der Waals surface area contributed by atoms with Crippen LogP contribution < -0.4 is 14.7 Å². The van der Waals surface area contributed by atoms with Crippen molar-refractivity contribution in [1.82, 2.24) is 25.2 Å². The molecule has 1 aromatic carbocycles. The van der Waals surface area contributed by atoms with Gasteiger partial charge in [-0.05, 0) is 31.4 Å². The average molecular weight is 452 g/mol. The van der Waals surface area contributed by atoms with E-state index < -0.39 is 13.1 Å². The molecule has 0 spiro atoms. The Balaban J connectivity index is 0.00000272. The summed E-state index contributed by atoms with van der Waals surface area (Å²) < 4.78 is 12.7. The van der Waals surface area contributed by atoms with Gasteiger partial charge in [-0.2, -0.15) is 0 Å². The molecular weight excluding hydrogens is 428 g/mol. The fourth-order valence-corrected chi connectivity index (χ4v) is 3.53. The third kappa shape index (κ3) is 4.92. The highest BCUT2D eigenvalue weighted by atomic mass is 35.5. The van der Waals surface area contributed by atoms with Crippen LogP contribution in [0.1, 0.15) is 21.6 Å². The second kappa shape index (κ2) is 9.54. The summed E-state index contributed by atoms with van der Waals surface area (Å²) in [7, 11) is 0.768. The first-order valence-electron chi connectivity index (χ1n) is 9.66. The Morgan fingerprint density at radius 2 is 2.16 bits per heavy atom. The fourth-order valence-electron chi connectivity index (χ4n) is 3.53. The first-order chi connectivity index (χ1) is 14.4. The molecule has 0 radical (unpaired) electrons. The molecule has 0 atom stereocenters. The molecule has 13 heteroatoms. The van der Waals surface area contributed by atoms with E-state index in [0.717, 1.165) is 11.3 Å². The molecule has 1 aromatic heterocycles. The van der Waals surface area contributed by atoms with Gasteiger partial charge in [0.2, 0.25) is 5.91 Å². The molecule has 1 fully saturated rings. The van der Waals surface area contributed by atoms with Crippen molar-refractivity contribution in [2.24, 2.45) is 0 Å². The van der Waals surface area contributed by atoms with E-state index in [1.807, 2.05) is 0 Å². The average Bonchev–Trinajstić information content (AvgIpc) is 3.10. The van der Waals surface area contributed by atoms with Gasteiger partial charge in [-0.15, -0.1) is 17.5 Å². The Labute approximate surface area is 184 Å². The molecule has 3 heterocycles. The lowest BCUT2D eigenvalue weighted by Gasteiger charge is -2.39. The number of aromatic nitrogens is 3. The molecule has 2 aliphatic rings. The Morgan fingerprint density at radius 3 is 2.87 bits per heavy atom. The summed E-state index contributed by atoms with van der Waals surface area (Å²) in [5.41, 5.74) is 1.37. The van der Waals surface area contributed by atoms with Crippen LogP contribution in [0.4, 0.5) is 0 Å². The maximum Gasteiger partial charge on any atom is 0.522 e. The van der Waals surface area contributed by atoms with Crippen LogP contribution in [-0.4, -0.2) is 75.3 Å². The molecule has 2 aromatic rings. The van der Waals surface area contributed by atoms with Crippen LogP contribution >= 0.6 is 12.4 Å². The van der Waals surface area contributed by atoms with Gasteiger partial charge in [0.1, 0.15) is 29.7 Å². The minimum atomic E-state index is -1.19. The lowest BCUT2D eigenvalue weighted by atomic mass is 9.78. The Bertz CT molecular complexity index is 967. The number of carboxylic acid groups (broad SMARTS) is 1. The number of benzene rings is 1. The van der Waals surface area contributed by atoms with E-state index in [1.54, 1.807) is 30.3 Å². The van der Waals surface area contributed by atoms with Gasteiger partial charge >= 0.3 is 13.1 Å². The summed E-state index contributed by atoms with van der Waals surface area (Å²) in [6, 6.07) is 3.35. The van der Waals surface area contributed by atoms with Gasteiger partial charge in [-0.25, -0.2) is 9.48 Å². The van der Waals surface area contributed by atoms with E-state index in [2.05, 4.69) is 15.6 Å². The minimum absolute atomic E-state index is 0. The van der Waals surface area contributed by atoms with Crippen molar-refractivity contribution >= 4 is 31.4 Å². The van der Waals surface area contributed by atoms with Crippen molar-refractivity contribution in [3.63, 3.8) is 0 Å². The fraction of sp³-hybridized carbons (Fsp3) is 0.444. The molecule has 2 aliphatic heterocycles. The van der Waals surface area contributed by atoms with Gasteiger partial charge in [-0.3, -0.25) is 4.79 Å². The molecule has 166 valence electrons. The van der Waals surface area contributed by atoms with Crippen LogP contribution in [0.2, 0.25) is 6.32 Å². The summed E-state index contributed by atoms with van der Waals surface area (Å²) in [5.74, 6) is -0.993. The maximum atomic E-state index is 12.4. The third-order valence-electron chi connectivity index (χ3n) is 5.07. The quantitative estimate of drug-likeness (QED) is 0.489. The molecule has 3 N–H and O–H groups in total. The number of hydrogen-bond acceptors (Lipinski definition) is 8. The van der Waals surface area contributed by atoms with Crippen molar-refractivity contribution < 1.29 is 29.1 Å². The number of carboxylic acids is 1. The topological polar surface area (TPSA) is 139 Å². The molecule has 0 bridgehead atoms. The van der Waals surface area contributed by atoms with E-state index in [1.165, 1.54) is 4.68 Å². The van der Waals surface area contributed by atoms with Gasteiger partial charge in [0.25, 0.3) is 0 Å². The number of aryl methyl sites for hydroxylation is 1. The van der Waals surface area contributed by atoms with Crippen molar-refractivity contribution in [1.29, 1.82) is 0 Å². The summed E-state index contributed by atoms with van der Waals surface area (Å²) in [6.45, 7) is 1.34. The normalized spacial score (nSPS) is 15.4. The number of hydrogen-bond donors (Lipinski definition) is 3. The predicted molar refractivity (Wildman–Crippen MR) is 112 cm³/mol. The smallest absolute Gasteiger partial charge is 0.522 e. The lowest BCUT2D eigenvalue weighted by molar-refractivity contribution is -0.140. The number of rotatable bonds is 7. The second-order valence-electron chi connectivity index (χ2n) is 7.32. The number of ether oxygens (including phenoxy) is 1. The monoisotopic (exact) mass is 451 g/mol. The van der Waals surface area contributed by atoms with Crippen molar-refractivity contribution in [2.45, 2.75) is 31.9 Å². The Morgan fingerprint density at radius 1 is 1.39 bits per heavy atom. The van der Waals surface area contributed by atoms with E-state index >= 15 is 0 Å². The van der Waals surface area contributed by atoms with Crippen LogP contribution in [-0.2, 0) is 24.3 Å². The molecular formula is C18H23BClN5O6. The van der Waals surface area contributed by atoms with Gasteiger partial charge in [-0.1, -0.05) is 11.3 Å². The van der Waals surface area contributed by atoms with Crippen LogP contribution in [0.5, 0.6) is 11.5 Å². The van der Waals surface area contributed by atoms with Crippen LogP contribution in [0.3, 0.4) is 0 Å². The number of nitrogens with zero attached hydrogens (tertiary/aromatic N) is 4. The number of amides is 1. The maximum absolute atomic E-state index is 12.4. The molecule has 1 saturated heterocycles. The number of carbonyl (C=O) groups is 2. The number of nitrogens with one attached hydrogen (secondary N) is 1. The van der Waals surface area contributed by atoms with E-state index in [0.29, 0.717) is 32.4 Å². The summed E-state index contributed by atoms with van der Waals surface area (Å²) in [4.78, 5) is 25.8. The third-order valence-corrected chi connectivity index (χ3v) is 5.07. The van der Waals surface area contributed by atoms with E-state index in [-0.39, 0.29) is 48.0 Å². The highest BCUT2D eigenvalue weighted by molar-refractivity contribution is 6.44. The zero-order valence-corrected chi connectivity index (χ0v) is 17.7. The zero-order valence-electron chi connectivity index (χ0n) is 16.9. The molecule has 0 saturated carbocycles. The van der Waals surface area contributed by atoms with Gasteiger partial charge < -0.3 is 29.7 Å². The molecule has 0 aliphatic carbocycles. The lowest BCUT2D eigenvalue weighted by Crippen LogP contribution is -2.57. The van der Waals surface area contributed by atoms with E-state index in [9.17, 15) is 19.7 Å². The van der Waals surface area contributed by atoms with Crippen molar-refractivity contribution in [3.05, 3.63) is 35.2 Å². The van der Waals surface area contributed by atoms with Crippen LogP contribution in [0.15, 0.2) is 18.3 Å². The minimum Gasteiger partial charge on any atom is -0.535 e. The number of fused-ring (bicyclic) bond motifs is 1. The molecule has 11 nitrogen and oxygen atoms in total. The number of halogens is 1. The van der Waals surface area contributed by atoms with Gasteiger partial charge in [0.05, 0.1) is 25.0 Å². The summed E-state index contributed by atoms with van der Waals surface area (Å²) in [6.07, 6.45) is 2.33. The number of carbonyl (C=O) groups excluding carboxylic acids is 1. The largest absolute Gasteiger partial charge is 0.535 e. The van der Waals surface area contributed by atoms with Gasteiger partial charge in [0.15, 0.2) is 0 Å². The first-order valence-corrected chi connectivity index (χ1v) is 9.66. The van der Waals surface area contributed by atoms with E-state index in [4.69, 9.17) is 9.39 Å². The Hall–Kier alpha value is -2.83. The molecule has 31 heavy (non-hydrogen) atoms. The predicted octanol–water partition coefficient (Wildman–Crippen LogP) is -0.177. The van der Waals surface area contributed by atoms with Crippen molar-refractivity contribution in [3.8, 4) is 11.5 Å². The summed E-state index contributed by atoms with van der Waals surface area (Å²) >= 11 is 0. The number of aromatic carboxylic acids is 1. The Kier molecular flexibility index (Phi) is 7.03. The van der Waals surface area contributed by atoms with Crippen LogP contribution in [0, 0.1) is 0 Å². The van der Waals surface area contributed by atoms with Gasteiger partial charge in [0, 0.05) is 6.54 Å².